The predicted molar refractivity (Wildman–Crippen MR) is 72.6 cm³/mol. The summed E-state index contributed by atoms with van der Waals surface area (Å²) in [4.78, 5) is 0. The van der Waals surface area contributed by atoms with Crippen LogP contribution in [0.2, 0.25) is 0 Å². The van der Waals surface area contributed by atoms with Crippen molar-refractivity contribution in [1.82, 2.24) is 5.32 Å². The lowest BCUT2D eigenvalue weighted by Crippen LogP contribution is -2.51. The minimum Gasteiger partial charge on any atom is -0.371 e. The molecule has 2 atom stereocenters. The molecule has 1 N–H and O–H groups in total. The van der Waals surface area contributed by atoms with Gasteiger partial charge in [-0.2, -0.15) is 0 Å². The zero-order chi connectivity index (χ0) is 13.0. The zero-order valence-electron chi connectivity index (χ0n) is 11.5. The van der Waals surface area contributed by atoms with E-state index >= 15 is 0 Å². The van der Waals surface area contributed by atoms with E-state index in [1.807, 2.05) is 18.2 Å². The molecule has 1 aliphatic heterocycles. The van der Waals surface area contributed by atoms with Crippen molar-refractivity contribution in [2.75, 3.05) is 19.7 Å². The van der Waals surface area contributed by atoms with E-state index in [1.165, 1.54) is 5.56 Å². The first-order chi connectivity index (χ1) is 8.57. The molecule has 1 aromatic rings. The van der Waals surface area contributed by atoms with Crippen molar-refractivity contribution in [2.45, 2.75) is 38.6 Å². The topological polar surface area (TPSA) is 30.5 Å². The van der Waals surface area contributed by atoms with Crippen LogP contribution in [0.3, 0.4) is 0 Å². The van der Waals surface area contributed by atoms with E-state index in [-0.39, 0.29) is 17.8 Å². The highest BCUT2D eigenvalue weighted by Gasteiger charge is 2.28. The molecule has 0 spiro atoms. The Morgan fingerprint density at radius 2 is 2.11 bits per heavy atom. The summed E-state index contributed by atoms with van der Waals surface area (Å²) in [6, 6.07) is 10.3. The Morgan fingerprint density at radius 3 is 2.78 bits per heavy atom. The molecule has 2 unspecified atom stereocenters. The molecule has 1 heterocycles. The number of benzene rings is 1. The highest BCUT2D eigenvalue weighted by atomic mass is 16.6. The Kier molecular flexibility index (Phi) is 4.38. The van der Waals surface area contributed by atoms with Crippen LogP contribution in [0.5, 0.6) is 0 Å². The Hall–Kier alpha value is -0.900. The molecule has 1 fully saturated rings. The van der Waals surface area contributed by atoms with E-state index in [0.717, 1.165) is 13.1 Å². The third-order valence-corrected chi connectivity index (χ3v) is 3.21. The second kappa shape index (κ2) is 5.83. The van der Waals surface area contributed by atoms with Gasteiger partial charge >= 0.3 is 0 Å². The lowest BCUT2D eigenvalue weighted by Gasteiger charge is -2.36. The van der Waals surface area contributed by atoms with E-state index in [0.29, 0.717) is 6.61 Å². The summed E-state index contributed by atoms with van der Waals surface area (Å²) in [6.45, 7) is 8.69. The summed E-state index contributed by atoms with van der Waals surface area (Å²) in [5.74, 6) is 0. The molecule has 3 heteroatoms. The van der Waals surface area contributed by atoms with Crippen LogP contribution in [0.25, 0.3) is 0 Å². The SMILES string of the molecule is CC(OCC1CNCC(C)(C)O1)c1ccccc1. The van der Waals surface area contributed by atoms with E-state index in [2.05, 4.69) is 38.2 Å². The van der Waals surface area contributed by atoms with E-state index in [4.69, 9.17) is 9.47 Å². The molecule has 1 aliphatic rings. The predicted octanol–water partition coefficient (Wildman–Crippen LogP) is 2.53. The van der Waals surface area contributed by atoms with Crippen molar-refractivity contribution in [3.8, 4) is 0 Å². The maximum Gasteiger partial charge on any atom is 0.0940 e. The van der Waals surface area contributed by atoms with Gasteiger partial charge < -0.3 is 14.8 Å². The summed E-state index contributed by atoms with van der Waals surface area (Å²) in [5.41, 5.74) is 1.11. The van der Waals surface area contributed by atoms with Crippen molar-refractivity contribution in [1.29, 1.82) is 0 Å². The van der Waals surface area contributed by atoms with Gasteiger partial charge in [0.25, 0.3) is 0 Å². The van der Waals surface area contributed by atoms with Gasteiger partial charge in [0, 0.05) is 13.1 Å². The fourth-order valence-corrected chi connectivity index (χ4v) is 2.23. The van der Waals surface area contributed by atoms with Crippen LogP contribution < -0.4 is 5.32 Å². The van der Waals surface area contributed by atoms with Gasteiger partial charge in [0.1, 0.15) is 0 Å². The van der Waals surface area contributed by atoms with E-state index < -0.39 is 0 Å². The average molecular weight is 249 g/mol. The Bertz CT molecular complexity index is 364. The quantitative estimate of drug-likeness (QED) is 0.889. The van der Waals surface area contributed by atoms with Gasteiger partial charge in [-0.25, -0.2) is 0 Å². The molecule has 0 bridgehead atoms. The number of hydrogen-bond donors (Lipinski definition) is 1. The van der Waals surface area contributed by atoms with Crippen LogP contribution in [0.15, 0.2) is 30.3 Å². The van der Waals surface area contributed by atoms with E-state index in [9.17, 15) is 0 Å². The van der Waals surface area contributed by atoms with Crippen molar-refractivity contribution >= 4 is 0 Å². The van der Waals surface area contributed by atoms with Crippen molar-refractivity contribution in [3.63, 3.8) is 0 Å². The molecule has 3 nitrogen and oxygen atoms in total. The molecule has 0 amide bonds. The van der Waals surface area contributed by atoms with Gasteiger partial charge in [0.2, 0.25) is 0 Å². The summed E-state index contributed by atoms with van der Waals surface area (Å²) < 4.78 is 11.9. The van der Waals surface area contributed by atoms with Gasteiger partial charge in [-0.15, -0.1) is 0 Å². The van der Waals surface area contributed by atoms with Crippen molar-refractivity contribution in [3.05, 3.63) is 35.9 Å². The van der Waals surface area contributed by atoms with Crippen LogP contribution >= 0.6 is 0 Å². The molecule has 2 rings (SSSR count). The minimum atomic E-state index is -0.0950. The van der Waals surface area contributed by atoms with Gasteiger partial charge in [-0.05, 0) is 26.3 Å². The summed E-state index contributed by atoms with van der Waals surface area (Å²) in [7, 11) is 0. The lowest BCUT2D eigenvalue weighted by molar-refractivity contribution is -0.128. The average Bonchev–Trinajstić information content (AvgIpc) is 2.36. The second-order valence-corrected chi connectivity index (χ2v) is 5.52. The van der Waals surface area contributed by atoms with E-state index in [1.54, 1.807) is 0 Å². The zero-order valence-corrected chi connectivity index (χ0v) is 11.5. The molecule has 18 heavy (non-hydrogen) atoms. The van der Waals surface area contributed by atoms with Gasteiger partial charge in [0.05, 0.1) is 24.4 Å². The van der Waals surface area contributed by atoms with Gasteiger partial charge in [-0.3, -0.25) is 0 Å². The standard InChI is InChI=1S/C15H23NO2/c1-12(13-7-5-4-6-8-13)17-10-14-9-16-11-15(2,3)18-14/h4-8,12,14,16H,9-11H2,1-3H3. The highest BCUT2D eigenvalue weighted by molar-refractivity contribution is 5.16. The number of rotatable bonds is 4. The first kappa shape index (κ1) is 13.5. The summed E-state index contributed by atoms with van der Waals surface area (Å²) in [5, 5.41) is 3.38. The molecular formula is C15H23NO2. The van der Waals surface area contributed by atoms with Gasteiger partial charge in [0.15, 0.2) is 0 Å². The summed E-state index contributed by atoms with van der Waals surface area (Å²) >= 11 is 0. The third-order valence-electron chi connectivity index (χ3n) is 3.21. The number of ether oxygens (including phenoxy) is 2. The smallest absolute Gasteiger partial charge is 0.0940 e. The maximum atomic E-state index is 5.97. The Balaban J connectivity index is 1.81. The fourth-order valence-electron chi connectivity index (χ4n) is 2.23. The van der Waals surface area contributed by atoms with Crippen LogP contribution in [-0.2, 0) is 9.47 Å². The van der Waals surface area contributed by atoms with Crippen molar-refractivity contribution < 1.29 is 9.47 Å². The third kappa shape index (κ3) is 3.80. The molecular weight excluding hydrogens is 226 g/mol. The van der Waals surface area contributed by atoms with Crippen LogP contribution in [0.4, 0.5) is 0 Å². The normalized spacial score (nSPS) is 24.7. The molecule has 100 valence electrons. The number of morpholine rings is 1. The minimum absolute atomic E-state index is 0.0950. The molecule has 0 saturated carbocycles. The highest BCUT2D eigenvalue weighted by Crippen LogP contribution is 2.19. The number of nitrogens with one attached hydrogen (secondary N) is 1. The number of hydrogen-bond acceptors (Lipinski definition) is 3. The Labute approximate surface area is 109 Å². The molecule has 1 saturated heterocycles. The lowest BCUT2D eigenvalue weighted by atomic mass is 10.1. The largest absolute Gasteiger partial charge is 0.371 e. The monoisotopic (exact) mass is 249 g/mol. The van der Waals surface area contributed by atoms with Crippen LogP contribution in [0.1, 0.15) is 32.4 Å². The first-order valence-corrected chi connectivity index (χ1v) is 6.62. The van der Waals surface area contributed by atoms with Crippen molar-refractivity contribution in [2.24, 2.45) is 0 Å². The first-order valence-electron chi connectivity index (χ1n) is 6.62. The Morgan fingerprint density at radius 1 is 1.39 bits per heavy atom. The fraction of sp³-hybridized carbons (Fsp3) is 0.600. The molecule has 0 aliphatic carbocycles. The maximum absolute atomic E-state index is 5.97. The second-order valence-electron chi connectivity index (χ2n) is 5.52. The van der Waals surface area contributed by atoms with Gasteiger partial charge in [-0.1, -0.05) is 30.3 Å². The van der Waals surface area contributed by atoms with Crippen LogP contribution in [-0.4, -0.2) is 31.4 Å². The molecule has 0 radical (unpaired) electrons. The summed E-state index contributed by atoms with van der Waals surface area (Å²) in [6.07, 6.45) is 0.250. The molecule has 0 aromatic heterocycles. The van der Waals surface area contributed by atoms with Crippen LogP contribution in [0, 0.1) is 0 Å². The molecule has 1 aromatic carbocycles.